The second kappa shape index (κ2) is 10.3. The molecule has 0 saturated carbocycles. The molecule has 2 aromatic heterocycles. The maximum Gasteiger partial charge on any atom is 0.303 e. The standard InChI is InChI=1S/C27H35ClN6O2/c1-17-15-20(28)6-8-23(17)19(3)34-27-26(18(2)31-34)29-16-24(30-27)32-13-10-22(11-14-32)33-12-4-5-21(33)7-9-25(35)36/h6,8,15-16,19,21-22H,4-5,7,9-14H2,1-3H3,(H,35,36). The fourth-order valence-electron chi connectivity index (χ4n) is 6.07. The normalized spacial score (nSPS) is 20.3. The highest BCUT2D eigenvalue weighted by atomic mass is 35.5. The third-order valence-corrected chi connectivity index (χ3v) is 8.21. The molecule has 2 unspecified atom stereocenters. The summed E-state index contributed by atoms with van der Waals surface area (Å²) in [6, 6.07) is 6.90. The molecule has 1 N–H and O–H groups in total. The van der Waals surface area contributed by atoms with E-state index in [1.54, 1.807) is 0 Å². The first-order chi connectivity index (χ1) is 17.3. The minimum absolute atomic E-state index is 0.00616. The minimum atomic E-state index is -0.694. The molecule has 9 heteroatoms. The van der Waals surface area contributed by atoms with Gasteiger partial charge in [0.1, 0.15) is 11.3 Å². The molecule has 8 nitrogen and oxygen atoms in total. The molecule has 0 radical (unpaired) electrons. The number of fused-ring (bicyclic) bond motifs is 1. The Hall–Kier alpha value is -2.71. The second-order valence-corrected chi connectivity index (χ2v) is 10.7. The van der Waals surface area contributed by atoms with E-state index >= 15 is 0 Å². The molecule has 0 bridgehead atoms. The van der Waals surface area contributed by atoms with Gasteiger partial charge in [-0.2, -0.15) is 5.10 Å². The van der Waals surface area contributed by atoms with Crippen LogP contribution in [0, 0.1) is 13.8 Å². The number of nitrogens with zero attached hydrogens (tertiary/aromatic N) is 6. The lowest BCUT2D eigenvalue weighted by Gasteiger charge is -2.39. The van der Waals surface area contributed by atoms with Gasteiger partial charge in [0.25, 0.3) is 0 Å². The van der Waals surface area contributed by atoms with Crippen molar-refractivity contribution in [2.75, 3.05) is 24.5 Å². The monoisotopic (exact) mass is 510 g/mol. The lowest BCUT2D eigenvalue weighted by atomic mass is 10.0. The van der Waals surface area contributed by atoms with Crippen LogP contribution in [-0.2, 0) is 4.79 Å². The van der Waals surface area contributed by atoms with Gasteiger partial charge in [-0.05, 0) is 82.7 Å². The largest absolute Gasteiger partial charge is 0.481 e. The molecular weight excluding hydrogens is 476 g/mol. The molecule has 0 amide bonds. The molecular formula is C27H35ClN6O2. The summed E-state index contributed by atoms with van der Waals surface area (Å²) < 4.78 is 1.99. The van der Waals surface area contributed by atoms with Crippen LogP contribution in [0.15, 0.2) is 24.4 Å². The third kappa shape index (κ3) is 4.93. The second-order valence-electron chi connectivity index (χ2n) is 10.3. The van der Waals surface area contributed by atoms with Gasteiger partial charge in [0.05, 0.1) is 17.9 Å². The van der Waals surface area contributed by atoms with Gasteiger partial charge in [-0.25, -0.2) is 14.6 Å². The summed E-state index contributed by atoms with van der Waals surface area (Å²) in [7, 11) is 0. The predicted octanol–water partition coefficient (Wildman–Crippen LogP) is 5.00. The Bertz CT molecular complexity index is 1250. The number of aryl methyl sites for hydroxylation is 2. The van der Waals surface area contributed by atoms with E-state index in [1.165, 1.54) is 12.0 Å². The van der Waals surface area contributed by atoms with Gasteiger partial charge < -0.3 is 10.0 Å². The molecule has 0 spiro atoms. The number of hydrogen-bond acceptors (Lipinski definition) is 6. The third-order valence-electron chi connectivity index (χ3n) is 7.98. The number of benzene rings is 1. The van der Waals surface area contributed by atoms with Crippen LogP contribution in [0.4, 0.5) is 5.82 Å². The lowest BCUT2D eigenvalue weighted by Crippen LogP contribution is -2.47. The van der Waals surface area contributed by atoms with Gasteiger partial charge in [0.2, 0.25) is 0 Å². The van der Waals surface area contributed by atoms with Crippen molar-refractivity contribution in [1.29, 1.82) is 0 Å². The molecule has 0 aliphatic carbocycles. The van der Waals surface area contributed by atoms with E-state index in [-0.39, 0.29) is 12.5 Å². The molecule has 3 aromatic rings. The molecule has 2 aliphatic heterocycles. The first-order valence-electron chi connectivity index (χ1n) is 13.0. The van der Waals surface area contributed by atoms with Gasteiger partial charge in [0, 0.05) is 36.6 Å². The summed E-state index contributed by atoms with van der Waals surface area (Å²) in [5.74, 6) is 0.201. The fourth-order valence-corrected chi connectivity index (χ4v) is 6.30. The van der Waals surface area contributed by atoms with Crippen LogP contribution in [0.25, 0.3) is 11.2 Å². The number of carboxylic acids is 1. The van der Waals surface area contributed by atoms with Crippen molar-refractivity contribution in [3.8, 4) is 0 Å². The average Bonchev–Trinajstić information content (AvgIpc) is 3.46. The Morgan fingerprint density at radius 3 is 2.69 bits per heavy atom. The van der Waals surface area contributed by atoms with Crippen LogP contribution >= 0.6 is 11.6 Å². The van der Waals surface area contributed by atoms with Crippen molar-refractivity contribution in [1.82, 2.24) is 24.6 Å². The number of halogens is 1. The summed E-state index contributed by atoms with van der Waals surface area (Å²) in [4.78, 5) is 25.8. The number of anilines is 1. The van der Waals surface area contributed by atoms with E-state index in [4.69, 9.17) is 31.8 Å². The lowest BCUT2D eigenvalue weighted by molar-refractivity contribution is -0.137. The molecule has 2 aliphatic rings. The molecule has 4 heterocycles. The zero-order valence-electron chi connectivity index (χ0n) is 21.3. The number of likely N-dealkylation sites (tertiary alicyclic amines) is 1. The zero-order chi connectivity index (χ0) is 25.4. The Morgan fingerprint density at radius 2 is 1.97 bits per heavy atom. The summed E-state index contributed by atoms with van der Waals surface area (Å²) in [6.07, 6.45) is 7.30. The van der Waals surface area contributed by atoms with Crippen molar-refractivity contribution in [2.24, 2.45) is 0 Å². The smallest absolute Gasteiger partial charge is 0.303 e. The number of carbonyl (C=O) groups is 1. The van der Waals surface area contributed by atoms with Crippen LogP contribution in [0.5, 0.6) is 0 Å². The predicted molar refractivity (Wildman–Crippen MR) is 142 cm³/mol. The highest BCUT2D eigenvalue weighted by molar-refractivity contribution is 6.30. The number of aliphatic carboxylic acids is 1. The Labute approximate surface area is 217 Å². The van der Waals surface area contributed by atoms with Crippen LogP contribution in [-0.4, -0.2) is 67.4 Å². The summed E-state index contributed by atoms with van der Waals surface area (Å²) in [5, 5.41) is 14.6. The zero-order valence-corrected chi connectivity index (χ0v) is 22.1. The highest BCUT2D eigenvalue weighted by Crippen LogP contribution is 2.31. The summed E-state index contributed by atoms with van der Waals surface area (Å²) in [6.45, 7) is 9.12. The van der Waals surface area contributed by atoms with Crippen LogP contribution in [0.3, 0.4) is 0 Å². The quantitative estimate of drug-likeness (QED) is 0.478. The van der Waals surface area contributed by atoms with Gasteiger partial charge in [-0.15, -0.1) is 0 Å². The number of rotatable bonds is 7. The first kappa shape index (κ1) is 25.0. The van der Waals surface area contributed by atoms with E-state index in [1.807, 2.05) is 29.9 Å². The summed E-state index contributed by atoms with van der Waals surface area (Å²) >= 11 is 6.18. The first-order valence-corrected chi connectivity index (χ1v) is 13.4. The van der Waals surface area contributed by atoms with E-state index in [0.717, 1.165) is 78.6 Å². The van der Waals surface area contributed by atoms with Crippen LogP contribution < -0.4 is 4.90 Å². The number of aromatic nitrogens is 4. The van der Waals surface area contributed by atoms with Crippen LogP contribution in [0.1, 0.15) is 68.3 Å². The highest BCUT2D eigenvalue weighted by Gasteiger charge is 2.33. The fraction of sp³-hybridized carbons (Fsp3) is 0.556. The van der Waals surface area contributed by atoms with Gasteiger partial charge in [-0.3, -0.25) is 9.69 Å². The van der Waals surface area contributed by atoms with Crippen molar-refractivity contribution >= 4 is 34.6 Å². The Morgan fingerprint density at radius 1 is 1.19 bits per heavy atom. The van der Waals surface area contributed by atoms with Crippen LogP contribution in [0.2, 0.25) is 5.02 Å². The van der Waals surface area contributed by atoms with E-state index < -0.39 is 5.97 Å². The topological polar surface area (TPSA) is 87.4 Å². The molecule has 2 atom stereocenters. The van der Waals surface area contributed by atoms with E-state index in [0.29, 0.717) is 12.1 Å². The van der Waals surface area contributed by atoms with E-state index in [2.05, 4.69) is 29.7 Å². The van der Waals surface area contributed by atoms with E-state index in [9.17, 15) is 4.79 Å². The maximum absolute atomic E-state index is 11.1. The SMILES string of the molecule is Cc1cc(Cl)ccc1C(C)n1nc(C)c2ncc(N3CCC(N4CCCC4CCC(=O)O)CC3)nc21. The molecule has 1 aromatic carbocycles. The van der Waals surface area contributed by atoms with Gasteiger partial charge in [0.15, 0.2) is 5.65 Å². The maximum atomic E-state index is 11.1. The average molecular weight is 511 g/mol. The molecule has 2 saturated heterocycles. The van der Waals surface area contributed by atoms with Crippen molar-refractivity contribution in [3.63, 3.8) is 0 Å². The molecule has 5 rings (SSSR count). The number of carboxylic acid groups (broad SMARTS) is 1. The van der Waals surface area contributed by atoms with Crippen molar-refractivity contribution in [2.45, 2.75) is 77.4 Å². The van der Waals surface area contributed by atoms with Crippen molar-refractivity contribution in [3.05, 3.63) is 46.2 Å². The van der Waals surface area contributed by atoms with Crippen molar-refractivity contribution < 1.29 is 9.90 Å². The summed E-state index contributed by atoms with van der Waals surface area (Å²) in [5.41, 5.74) is 4.82. The number of hydrogen-bond donors (Lipinski definition) is 1. The molecule has 2 fully saturated rings. The number of piperidine rings is 1. The molecule has 192 valence electrons. The molecule has 36 heavy (non-hydrogen) atoms. The minimum Gasteiger partial charge on any atom is -0.481 e. The Kier molecular flexibility index (Phi) is 7.17. The van der Waals surface area contributed by atoms with Gasteiger partial charge in [-0.1, -0.05) is 17.7 Å². The van der Waals surface area contributed by atoms with Gasteiger partial charge >= 0.3 is 5.97 Å². The Balaban J connectivity index is 1.32.